The lowest BCUT2D eigenvalue weighted by molar-refractivity contribution is -0.385. The van der Waals surface area contributed by atoms with Gasteiger partial charge in [0.2, 0.25) is 0 Å². The van der Waals surface area contributed by atoms with E-state index in [1.807, 2.05) is 6.92 Å². The monoisotopic (exact) mass is 299 g/mol. The number of carbonyl (C=O) groups is 1. The lowest BCUT2D eigenvalue weighted by atomic mass is 10.1. The third-order valence-corrected chi connectivity index (χ3v) is 3.31. The van der Waals surface area contributed by atoms with E-state index in [1.165, 1.54) is 6.07 Å². The molecule has 1 aliphatic rings. The van der Waals surface area contributed by atoms with Crippen molar-refractivity contribution in [1.29, 1.82) is 0 Å². The summed E-state index contributed by atoms with van der Waals surface area (Å²) in [6.45, 7) is 5.50. The molecule has 110 valence electrons. The Kier molecular flexibility index (Phi) is 5.47. The van der Waals surface area contributed by atoms with Crippen LogP contribution in [0.3, 0.4) is 0 Å². The molecular weight excluding hydrogens is 282 g/mol. The number of halogens is 1. The molecule has 1 fully saturated rings. The van der Waals surface area contributed by atoms with Gasteiger partial charge in [-0.15, -0.1) is 12.4 Å². The topological polar surface area (TPSA) is 75.5 Å². The van der Waals surface area contributed by atoms with Crippen molar-refractivity contribution in [1.82, 2.24) is 10.2 Å². The van der Waals surface area contributed by atoms with Gasteiger partial charge in [0.25, 0.3) is 11.6 Å². The van der Waals surface area contributed by atoms with Gasteiger partial charge in [-0.1, -0.05) is 12.1 Å². The SMILES string of the molecule is Cc1cccc(C(=O)N2CCN[C@@H](C)C2)c1[N+](=O)[O-].Cl. The van der Waals surface area contributed by atoms with Crippen molar-refractivity contribution in [2.45, 2.75) is 19.9 Å². The molecule has 7 heteroatoms. The molecule has 1 aromatic carbocycles. The molecule has 0 saturated carbocycles. The van der Waals surface area contributed by atoms with Crippen molar-refractivity contribution in [3.05, 3.63) is 39.4 Å². The average Bonchev–Trinajstić information content (AvgIpc) is 2.37. The fourth-order valence-electron chi connectivity index (χ4n) is 2.36. The Hall–Kier alpha value is -1.66. The first kappa shape index (κ1) is 16.4. The van der Waals surface area contributed by atoms with Crippen LogP contribution in [0, 0.1) is 17.0 Å². The average molecular weight is 300 g/mol. The van der Waals surface area contributed by atoms with Crippen molar-refractivity contribution < 1.29 is 9.72 Å². The van der Waals surface area contributed by atoms with Gasteiger partial charge >= 0.3 is 0 Å². The highest BCUT2D eigenvalue weighted by atomic mass is 35.5. The van der Waals surface area contributed by atoms with E-state index in [9.17, 15) is 14.9 Å². The first-order valence-corrected chi connectivity index (χ1v) is 6.27. The number of aryl methyl sites for hydroxylation is 1. The number of nitro benzene ring substituents is 1. The Morgan fingerprint density at radius 1 is 1.50 bits per heavy atom. The zero-order valence-electron chi connectivity index (χ0n) is 11.5. The van der Waals surface area contributed by atoms with Crippen LogP contribution in [0.5, 0.6) is 0 Å². The maximum absolute atomic E-state index is 12.4. The van der Waals surface area contributed by atoms with Crippen LogP contribution in [-0.4, -0.2) is 41.4 Å². The fraction of sp³-hybridized carbons (Fsp3) is 0.462. The first-order valence-electron chi connectivity index (χ1n) is 6.27. The van der Waals surface area contributed by atoms with Crippen LogP contribution < -0.4 is 5.32 Å². The third-order valence-electron chi connectivity index (χ3n) is 3.31. The standard InChI is InChI=1S/C13H17N3O3.ClH/c1-9-4-3-5-11(12(9)16(18)19)13(17)15-7-6-14-10(2)8-15;/h3-5,10,14H,6-8H2,1-2H3;1H/t10-;/m0./s1. The number of nitro groups is 1. The van der Waals surface area contributed by atoms with E-state index in [-0.39, 0.29) is 35.6 Å². The van der Waals surface area contributed by atoms with Gasteiger partial charge in [-0.05, 0) is 19.9 Å². The Morgan fingerprint density at radius 3 is 2.80 bits per heavy atom. The number of para-hydroxylation sites is 1. The summed E-state index contributed by atoms with van der Waals surface area (Å²) in [5, 5.41) is 14.4. The summed E-state index contributed by atoms with van der Waals surface area (Å²) in [6.07, 6.45) is 0. The van der Waals surface area contributed by atoms with E-state index in [0.717, 1.165) is 0 Å². The van der Waals surface area contributed by atoms with Crippen LogP contribution in [0.2, 0.25) is 0 Å². The van der Waals surface area contributed by atoms with Crippen LogP contribution in [-0.2, 0) is 0 Å². The maximum atomic E-state index is 12.4. The lowest BCUT2D eigenvalue weighted by Gasteiger charge is -2.31. The van der Waals surface area contributed by atoms with Gasteiger partial charge in [-0.2, -0.15) is 0 Å². The summed E-state index contributed by atoms with van der Waals surface area (Å²) in [7, 11) is 0. The van der Waals surface area contributed by atoms with E-state index in [0.29, 0.717) is 25.2 Å². The highest BCUT2D eigenvalue weighted by Crippen LogP contribution is 2.24. The first-order chi connectivity index (χ1) is 9.00. The van der Waals surface area contributed by atoms with E-state index in [1.54, 1.807) is 24.0 Å². The second-order valence-corrected chi connectivity index (χ2v) is 4.83. The second kappa shape index (κ2) is 6.67. The molecule has 1 aromatic rings. The molecule has 1 heterocycles. The predicted octanol–water partition coefficient (Wildman–Crippen LogP) is 1.76. The minimum atomic E-state index is -0.478. The molecule has 1 amide bonds. The van der Waals surface area contributed by atoms with Gasteiger partial charge in [0.05, 0.1) is 4.92 Å². The van der Waals surface area contributed by atoms with Gasteiger partial charge in [0.15, 0.2) is 0 Å². The van der Waals surface area contributed by atoms with Crippen molar-refractivity contribution in [2.75, 3.05) is 19.6 Å². The minimum absolute atomic E-state index is 0. The third kappa shape index (κ3) is 3.26. The van der Waals surface area contributed by atoms with Gasteiger partial charge < -0.3 is 10.2 Å². The number of hydrogen-bond donors (Lipinski definition) is 1. The second-order valence-electron chi connectivity index (χ2n) is 4.83. The minimum Gasteiger partial charge on any atom is -0.336 e. The molecule has 0 radical (unpaired) electrons. The molecule has 1 atom stereocenters. The molecule has 0 unspecified atom stereocenters. The van der Waals surface area contributed by atoms with Gasteiger partial charge in [0.1, 0.15) is 5.56 Å². The number of carbonyl (C=O) groups excluding carboxylic acids is 1. The van der Waals surface area contributed by atoms with Crippen molar-refractivity contribution in [3.8, 4) is 0 Å². The fourth-order valence-corrected chi connectivity index (χ4v) is 2.36. The molecule has 1 aliphatic heterocycles. The quantitative estimate of drug-likeness (QED) is 0.667. The molecule has 0 bridgehead atoms. The number of rotatable bonds is 2. The van der Waals surface area contributed by atoms with Gasteiger partial charge in [-0.3, -0.25) is 14.9 Å². The molecule has 2 rings (SSSR count). The van der Waals surface area contributed by atoms with Crippen LogP contribution in [0.4, 0.5) is 5.69 Å². The lowest BCUT2D eigenvalue weighted by Crippen LogP contribution is -2.51. The van der Waals surface area contributed by atoms with Gasteiger partial charge in [0, 0.05) is 31.2 Å². The Morgan fingerprint density at radius 2 is 2.20 bits per heavy atom. The smallest absolute Gasteiger partial charge is 0.285 e. The van der Waals surface area contributed by atoms with Crippen molar-refractivity contribution >= 4 is 24.0 Å². The van der Waals surface area contributed by atoms with Crippen LogP contribution >= 0.6 is 12.4 Å². The molecule has 1 N–H and O–H groups in total. The normalized spacial score (nSPS) is 18.3. The van der Waals surface area contributed by atoms with E-state index in [4.69, 9.17) is 0 Å². The highest BCUT2D eigenvalue weighted by molar-refractivity contribution is 5.98. The highest BCUT2D eigenvalue weighted by Gasteiger charge is 2.28. The number of benzene rings is 1. The molecule has 0 spiro atoms. The maximum Gasteiger partial charge on any atom is 0.285 e. The molecule has 0 aromatic heterocycles. The summed E-state index contributed by atoms with van der Waals surface area (Å²) in [4.78, 5) is 24.7. The number of hydrogen-bond acceptors (Lipinski definition) is 4. The van der Waals surface area contributed by atoms with E-state index < -0.39 is 4.92 Å². The van der Waals surface area contributed by atoms with Gasteiger partial charge in [-0.25, -0.2) is 0 Å². The zero-order valence-corrected chi connectivity index (χ0v) is 12.3. The number of nitrogens with one attached hydrogen (secondary N) is 1. The summed E-state index contributed by atoms with van der Waals surface area (Å²) in [6, 6.07) is 5.07. The van der Waals surface area contributed by atoms with E-state index in [2.05, 4.69) is 5.32 Å². The zero-order chi connectivity index (χ0) is 14.0. The summed E-state index contributed by atoms with van der Waals surface area (Å²) < 4.78 is 0. The van der Waals surface area contributed by atoms with E-state index >= 15 is 0 Å². The molecular formula is C13H18ClN3O3. The number of piperazine rings is 1. The number of nitrogens with zero attached hydrogens (tertiary/aromatic N) is 2. The summed E-state index contributed by atoms with van der Waals surface area (Å²) in [5.41, 5.74) is 0.608. The van der Waals surface area contributed by atoms with Crippen molar-refractivity contribution in [3.63, 3.8) is 0 Å². The molecule has 20 heavy (non-hydrogen) atoms. The molecule has 0 aliphatic carbocycles. The predicted molar refractivity (Wildman–Crippen MR) is 78.4 cm³/mol. The summed E-state index contributed by atoms with van der Waals surface area (Å²) >= 11 is 0. The Labute approximate surface area is 123 Å². The van der Waals surface area contributed by atoms with Crippen LogP contribution in [0.1, 0.15) is 22.8 Å². The van der Waals surface area contributed by atoms with Crippen LogP contribution in [0.25, 0.3) is 0 Å². The number of amides is 1. The molecule has 1 saturated heterocycles. The van der Waals surface area contributed by atoms with Crippen LogP contribution in [0.15, 0.2) is 18.2 Å². The Balaban J connectivity index is 0.00000200. The molecule has 6 nitrogen and oxygen atoms in total. The van der Waals surface area contributed by atoms with Crippen molar-refractivity contribution in [2.24, 2.45) is 0 Å². The summed E-state index contributed by atoms with van der Waals surface area (Å²) in [5.74, 6) is -0.260. The Bertz CT molecular complexity index is 522. The largest absolute Gasteiger partial charge is 0.336 e.